The van der Waals surface area contributed by atoms with Crippen LogP contribution in [-0.2, 0) is 11.3 Å². The van der Waals surface area contributed by atoms with Crippen molar-refractivity contribution >= 4 is 22.5 Å². The van der Waals surface area contributed by atoms with Gasteiger partial charge in [0.2, 0.25) is 5.91 Å². The van der Waals surface area contributed by atoms with Crippen LogP contribution >= 0.6 is 0 Å². The molecule has 0 fully saturated rings. The lowest BCUT2D eigenvalue weighted by Gasteiger charge is -2.06. The van der Waals surface area contributed by atoms with Crippen LogP contribution in [0.5, 0.6) is 0 Å². The molecule has 106 valence electrons. The molecule has 0 atom stereocenters. The third-order valence-electron chi connectivity index (χ3n) is 3.06. The van der Waals surface area contributed by atoms with Gasteiger partial charge in [-0.3, -0.25) is 9.59 Å². The van der Waals surface area contributed by atoms with Gasteiger partial charge >= 0.3 is 0 Å². The standard InChI is InChI=1S/C14H12N4O3/c1-9-8-21-17-13(9)16-12(19)7-18-14(20)11-5-3-2-4-10(11)6-15-18/h2-6,8H,7H2,1H3,(H,16,17,19). The van der Waals surface area contributed by atoms with Crippen LogP contribution in [0.15, 0.2) is 46.0 Å². The van der Waals surface area contributed by atoms with E-state index in [4.69, 9.17) is 4.52 Å². The Labute approximate surface area is 119 Å². The molecule has 21 heavy (non-hydrogen) atoms. The molecule has 0 bridgehead atoms. The van der Waals surface area contributed by atoms with E-state index in [1.165, 1.54) is 6.26 Å². The molecule has 3 rings (SSSR count). The lowest BCUT2D eigenvalue weighted by atomic mass is 10.2. The van der Waals surface area contributed by atoms with Crippen molar-refractivity contribution < 1.29 is 9.32 Å². The molecule has 0 aliphatic carbocycles. The van der Waals surface area contributed by atoms with Crippen LogP contribution in [0.2, 0.25) is 0 Å². The summed E-state index contributed by atoms with van der Waals surface area (Å²) in [5.74, 6) is -0.0503. The van der Waals surface area contributed by atoms with E-state index in [1.54, 1.807) is 31.3 Å². The number of rotatable bonds is 3. The van der Waals surface area contributed by atoms with Gasteiger partial charge in [0.05, 0.1) is 11.6 Å². The highest BCUT2D eigenvalue weighted by Gasteiger charge is 2.11. The van der Waals surface area contributed by atoms with Crippen molar-refractivity contribution in [2.75, 3.05) is 5.32 Å². The Kier molecular flexibility index (Phi) is 3.23. The second kappa shape index (κ2) is 5.20. The van der Waals surface area contributed by atoms with Crippen LogP contribution in [0.25, 0.3) is 10.8 Å². The number of aromatic nitrogens is 3. The Bertz CT molecular complexity index is 866. The first-order valence-electron chi connectivity index (χ1n) is 6.31. The van der Waals surface area contributed by atoms with Crippen molar-refractivity contribution in [3.63, 3.8) is 0 Å². The van der Waals surface area contributed by atoms with Crippen molar-refractivity contribution in [2.24, 2.45) is 0 Å². The van der Waals surface area contributed by atoms with Gasteiger partial charge in [-0.2, -0.15) is 5.10 Å². The quantitative estimate of drug-likeness (QED) is 0.783. The maximum absolute atomic E-state index is 12.2. The normalized spacial score (nSPS) is 10.7. The number of nitrogens with zero attached hydrogens (tertiary/aromatic N) is 3. The number of amides is 1. The van der Waals surface area contributed by atoms with Gasteiger partial charge in [0.15, 0.2) is 5.82 Å². The minimum atomic E-state index is -0.392. The van der Waals surface area contributed by atoms with Gasteiger partial charge in [0, 0.05) is 10.9 Å². The smallest absolute Gasteiger partial charge is 0.275 e. The molecule has 3 aromatic rings. The molecule has 7 nitrogen and oxygen atoms in total. The van der Waals surface area contributed by atoms with Crippen molar-refractivity contribution in [3.8, 4) is 0 Å². The minimum absolute atomic E-state index is 0.185. The highest BCUT2D eigenvalue weighted by molar-refractivity contribution is 5.90. The largest absolute Gasteiger partial charge is 0.362 e. The first-order chi connectivity index (χ1) is 10.1. The summed E-state index contributed by atoms with van der Waals surface area (Å²) in [6, 6.07) is 7.10. The SMILES string of the molecule is Cc1conc1NC(=O)Cn1ncc2ccccc2c1=O. The van der Waals surface area contributed by atoms with E-state index in [9.17, 15) is 9.59 Å². The number of carbonyl (C=O) groups is 1. The van der Waals surface area contributed by atoms with Gasteiger partial charge in [-0.1, -0.05) is 23.4 Å². The van der Waals surface area contributed by atoms with E-state index in [0.29, 0.717) is 16.8 Å². The average molecular weight is 284 g/mol. The molecule has 0 aliphatic rings. The number of hydrogen-bond acceptors (Lipinski definition) is 5. The van der Waals surface area contributed by atoms with E-state index >= 15 is 0 Å². The average Bonchev–Trinajstić information content (AvgIpc) is 2.87. The summed E-state index contributed by atoms with van der Waals surface area (Å²) in [5.41, 5.74) is 0.405. The number of nitrogens with one attached hydrogen (secondary N) is 1. The van der Waals surface area contributed by atoms with Crippen molar-refractivity contribution in [3.05, 3.63) is 52.6 Å². The number of aryl methyl sites for hydroxylation is 1. The third kappa shape index (κ3) is 2.53. The van der Waals surface area contributed by atoms with Crippen LogP contribution in [0.1, 0.15) is 5.56 Å². The fourth-order valence-corrected chi connectivity index (χ4v) is 1.96. The first kappa shape index (κ1) is 13.0. The van der Waals surface area contributed by atoms with Crippen LogP contribution in [-0.4, -0.2) is 20.8 Å². The van der Waals surface area contributed by atoms with E-state index in [1.807, 2.05) is 6.07 Å². The number of anilines is 1. The predicted molar refractivity (Wildman–Crippen MR) is 75.9 cm³/mol. The Morgan fingerprint density at radius 3 is 2.95 bits per heavy atom. The van der Waals surface area contributed by atoms with E-state index < -0.39 is 5.91 Å². The molecule has 7 heteroatoms. The van der Waals surface area contributed by atoms with E-state index in [2.05, 4.69) is 15.6 Å². The minimum Gasteiger partial charge on any atom is -0.362 e. The zero-order chi connectivity index (χ0) is 14.8. The fraction of sp³-hybridized carbons (Fsp3) is 0.143. The van der Waals surface area contributed by atoms with Crippen molar-refractivity contribution in [1.82, 2.24) is 14.9 Å². The molecule has 2 aromatic heterocycles. The Morgan fingerprint density at radius 2 is 2.19 bits per heavy atom. The molecule has 0 saturated heterocycles. The predicted octanol–water partition coefficient (Wildman–Crippen LogP) is 1.33. The first-order valence-corrected chi connectivity index (χ1v) is 6.31. The van der Waals surface area contributed by atoms with Gasteiger partial charge in [-0.15, -0.1) is 0 Å². The van der Waals surface area contributed by atoms with Crippen LogP contribution in [0.3, 0.4) is 0 Å². The summed E-state index contributed by atoms with van der Waals surface area (Å²) in [6.45, 7) is 1.57. The Morgan fingerprint density at radius 1 is 1.38 bits per heavy atom. The number of hydrogen-bond donors (Lipinski definition) is 1. The Hall–Kier alpha value is -2.96. The lowest BCUT2D eigenvalue weighted by Crippen LogP contribution is -2.29. The van der Waals surface area contributed by atoms with Crippen molar-refractivity contribution in [1.29, 1.82) is 0 Å². The second-order valence-electron chi connectivity index (χ2n) is 4.59. The molecule has 0 aliphatic heterocycles. The molecule has 1 amide bonds. The zero-order valence-corrected chi connectivity index (χ0v) is 11.2. The molecule has 1 N–H and O–H groups in total. The molecule has 0 spiro atoms. The topological polar surface area (TPSA) is 90.0 Å². The monoisotopic (exact) mass is 284 g/mol. The molecule has 2 heterocycles. The number of benzene rings is 1. The molecular weight excluding hydrogens is 272 g/mol. The summed E-state index contributed by atoms with van der Waals surface area (Å²) in [5, 5.41) is 11.5. The van der Waals surface area contributed by atoms with Crippen molar-refractivity contribution in [2.45, 2.75) is 13.5 Å². The van der Waals surface area contributed by atoms with Gasteiger partial charge in [0.1, 0.15) is 12.8 Å². The second-order valence-corrected chi connectivity index (χ2v) is 4.59. The number of carbonyl (C=O) groups excluding carboxylic acids is 1. The third-order valence-corrected chi connectivity index (χ3v) is 3.06. The molecule has 0 radical (unpaired) electrons. The summed E-state index contributed by atoms with van der Waals surface area (Å²) < 4.78 is 5.85. The summed E-state index contributed by atoms with van der Waals surface area (Å²) in [6.07, 6.45) is 2.99. The highest BCUT2D eigenvalue weighted by Crippen LogP contribution is 2.10. The molecule has 1 aromatic carbocycles. The molecule has 0 unspecified atom stereocenters. The van der Waals surface area contributed by atoms with Crippen LogP contribution in [0.4, 0.5) is 5.82 Å². The Balaban J connectivity index is 1.85. The highest BCUT2D eigenvalue weighted by atomic mass is 16.5. The van der Waals surface area contributed by atoms with E-state index in [-0.39, 0.29) is 12.1 Å². The fourth-order valence-electron chi connectivity index (χ4n) is 1.96. The van der Waals surface area contributed by atoms with E-state index in [0.717, 1.165) is 10.1 Å². The van der Waals surface area contributed by atoms with Gasteiger partial charge in [0.25, 0.3) is 5.56 Å². The van der Waals surface area contributed by atoms with Gasteiger partial charge < -0.3 is 9.84 Å². The zero-order valence-electron chi connectivity index (χ0n) is 11.2. The molecule has 0 saturated carbocycles. The number of fused-ring (bicyclic) bond motifs is 1. The van der Waals surface area contributed by atoms with Crippen LogP contribution in [0, 0.1) is 6.92 Å². The maximum Gasteiger partial charge on any atom is 0.275 e. The lowest BCUT2D eigenvalue weighted by molar-refractivity contribution is -0.117. The summed E-state index contributed by atoms with van der Waals surface area (Å²) >= 11 is 0. The van der Waals surface area contributed by atoms with Gasteiger partial charge in [-0.05, 0) is 13.0 Å². The van der Waals surface area contributed by atoms with Crippen LogP contribution < -0.4 is 10.9 Å². The maximum atomic E-state index is 12.2. The summed E-state index contributed by atoms with van der Waals surface area (Å²) in [7, 11) is 0. The van der Waals surface area contributed by atoms with Gasteiger partial charge in [-0.25, -0.2) is 4.68 Å². The summed E-state index contributed by atoms with van der Waals surface area (Å²) in [4.78, 5) is 24.1. The molecular formula is C14H12N4O3.